The number of alkyl halides is 7. The summed E-state index contributed by atoms with van der Waals surface area (Å²) in [6.07, 6.45) is -8.49. The number of anilines is 2. The van der Waals surface area contributed by atoms with Crippen LogP contribution in [0.25, 0.3) is 0 Å². The van der Waals surface area contributed by atoms with Gasteiger partial charge in [-0.15, -0.1) is 11.6 Å². The molecule has 1 aromatic carbocycles. The number of rotatable bonds is 7. The molecule has 1 aromatic heterocycles. The molecule has 1 heterocycles. The molecule has 0 spiro atoms. The first-order valence-corrected chi connectivity index (χ1v) is 9.14. The number of nitrogens with zero attached hydrogens (tertiary/aromatic N) is 2. The highest BCUT2D eigenvalue weighted by Gasteiger charge is 2.32. The van der Waals surface area contributed by atoms with Crippen LogP contribution in [0.3, 0.4) is 0 Å². The predicted octanol–water partition coefficient (Wildman–Crippen LogP) is 5.52. The molecule has 0 aliphatic carbocycles. The average Bonchev–Trinajstić information content (AvgIpc) is 2.65. The summed E-state index contributed by atoms with van der Waals surface area (Å²) >= 11 is 11.3. The Hall–Kier alpha value is -2.40. The number of benzene rings is 1. The van der Waals surface area contributed by atoms with E-state index in [2.05, 4.69) is 20.6 Å². The highest BCUT2D eigenvalue weighted by molar-refractivity contribution is 6.33. The molecule has 164 valence electrons. The van der Waals surface area contributed by atoms with Gasteiger partial charge in [0.1, 0.15) is 11.7 Å². The summed E-state index contributed by atoms with van der Waals surface area (Å²) in [4.78, 5) is 7.50. The van der Waals surface area contributed by atoms with E-state index in [-0.39, 0.29) is 47.0 Å². The summed E-state index contributed by atoms with van der Waals surface area (Å²) in [5, 5.41) is 5.37. The van der Waals surface area contributed by atoms with Crippen molar-refractivity contribution in [2.24, 2.45) is 10.7 Å². The number of pyridine rings is 1. The average molecular weight is 474 g/mol. The smallest absolute Gasteiger partial charge is 0.386 e. The second-order valence-electron chi connectivity index (χ2n) is 5.87. The molecule has 5 nitrogen and oxygen atoms in total. The molecule has 0 unspecified atom stereocenters. The number of nitrogens with one attached hydrogen (secondary N) is 2. The number of nitrogens with two attached hydrogens (primary N) is 1. The molecular formula is C17H15Cl2F6N5. The lowest BCUT2D eigenvalue weighted by Crippen LogP contribution is -2.16. The molecule has 0 radical (unpaired) electrons. The lowest BCUT2D eigenvalue weighted by atomic mass is 10.1. The lowest BCUT2D eigenvalue weighted by Gasteiger charge is -2.14. The summed E-state index contributed by atoms with van der Waals surface area (Å²) in [5.41, 5.74) is 3.81. The van der Waals surface area contributed by atoms with Crippen molar-refractivity contribution >= 4 is 46.2 Å². The second-order valence-corrected chi connectivity index (χ2v) is 6.55. The first kappa shape index (κ1) is 23.9. The van der Waals surface area contributed by atoms with Gasteiger partial charge in [0, 0.05) is 19.3 Å². The minimum atomic E-state index is -4.57. The Labute approximate surface area is 177 Å². The van der Waals surface area contributed by atoms with E-state index in [1.165, 1.54) is 6.07 Å². The zero-order chi connectivity index (χ0) is 22.5. The van der Waals surface area contributed by atoms with Gasteiger partial charge in [0.15, 0.2) is 0 Å². The monoisotopic (exact) mass is 473 g/mol. The SMILES string of the molecule is NC(CCl)=Nc1cc(C(F)(F)F)ccc1NCCNc1ncc(C(F)(F)F)cc1Cl. The Morgan fingerprint density at radius 1 is 1.00 bits per heavy atom. The quantitative estimate of drug-likeness (QED) is 0.162. The Kier molecular flexibility index (Phi) is 7.64. The lowest BCUT2D eigenvalue weighted by molar-refractivity contribution is -0.138. The number of hydrogen-bond donors (Lipinski definition) is 3. The van der Waals surface area contributed by atoms with Crippen molar-refractivity contribution in [3.05, 3.63) is 46.6 Å². The summed E-state index contributed by atoms with van der Waals surface area (Å²) in [6.45, 7) is 0.306. The molecule has 0 saturated heterocycles. The minimum absolute atomic E-state index is 0.0310. The van der Waals surface area contributed by atoms with Crippen molar-refractivity contribution in [2.45, 2.75) is 12.4 Å². The number of hydrogen-bond acceptors (Lipinski definition) is 4. The third-order valence-corrected chi connectivity index (χ3v) is 4.19. The maximum Gasteiger partial charge on any atom is 0.417 e. The number of aliphatic imine (C=N–C) groups is 1. The van der Waals surface area contributed by atoms with Crippen LogP contribution in [0.1, 0.15) is 11.1 Å². The van der Waals surface area contributed by atoms with Crippen LogP contribution >= 0.6 is 23.2 Å². The van der Waals surface area contributed by atoms with Gasteiger partial charge in [-0.3, -0.25) is 0 Å². The highest BCUT2D eigenvalue weighted by Crippen LogP contribution is 2.35. The maximum absolute atomic E-state index is 12.9. The van der Waals surface area contributed by atoms with Crippen LogP contribution in [-0.2, 0) is 12.4 Å². The van der Waals surface area contributed by atoms with E-state index < -0.39 is 23.5 Å². The second kappa shape index (κ2) is 9.61. The summed E-state index contributed by atoms with van der Waals surface area (Å²) in [6, 6.07) is 3.62. The van der Waals surface area contributed by atoms with Gasteiger partial charge < -0.3 is 16.4 Å². The van der Waals surface area contributed by atoms with Gasteiger partial charge >= 0.3 is 12.4 Å². The van der Waals surface area contributed by atoms with Gasteiger partial charge in [0.2, 0.25) is 0 Å². The molecule has 2 rings (SSSR count). The minimum Gasteiger partial charge on any atom is -0.386 e. The Morgan fingerprint density at radius 3 is 2.20 bits per heavy atom. The van der Waals surface area contributed by atoms with Gasteiger partial charge in [0.25, 0.3) is 0 Å². The van der Waals surface area contributed by atoms with Crippen molar-refractivity contribution < 1.29 is 26.3 Å². The zero-order valence-electron chi connectivity index (χ0n) is 15.0. The van der Waals surface area contributed by atoms with E-state index in [0.29, 0.717) is 6.20 Å². The molecule has 0 bridgehead atoms. The first-order chi connectivity index (χ1) is 13.9. The third-order valence-electron chi connectivity index (χ3n) is 3.63. The first-order valence-electron chi connectivity index (χ1n) is 8.22. The Morgan fingerprint density at radius 2 is 1.63 bits per heavy atom. The van der Waals surface area contributed by atoms with E-state index in [1.807, 2.05) is 0 Å². The van der Waals surface area contributed by atoms with Gasteiger partial charge in [-0.05, 0) is 24.3 Å². The Bertz CT molecular complexity index is 914. The molecule has 0 fully saturated rings. The fourth-order valence-corrected chi connectivity index (χ4v) is 2.53. The molecule has 0 amide bonds. The van der Waals surface area contributed by atoms with Crippen molar-refractivity contribution in [2.75, 3.05) is 29.6 Å². The van der Waals surface area contributed by atoms with Gasteiger partial charge in [-0.25, -0.2) is 9.98 Å². The topological polar surface area (TPSA) is 75.3 Å². The normalized spacial score (nSPS) is 12.7. The summed E-state index contributed by atoms with van der Waals surface area (Å²) in [7, 11) is 0. The molecule has 13 heteroatoms. The largest absolute Gasteiger partial charge is 0.417 e. The van der Waals surface area contributed by atoms with Gasteiger partial charge in [-0.1, -0.05) is 11.6 Å². The predicted molar refractivity (Wildman–Crippen MR) is 105 cm³/mol. The maximum atomic E-state index is 12.9. The van der Waals surface area contributed by atoms with Crippen LogP contribution in [0.15, 0.2) is 35.5 Å². The van der Waals surface area contributed by atoms with E-state index in [9.17, 15) is 26.3 Å². The molecule has 0 saturated carbocycles. The molecule has 0 aliphatic rings. The van der Waals surface area contributed by atoms with Gasteiger partial charge in [-0.2, -0.15) is 26.3 Å². The van der Waals surface area contributed by atoms with Crippen LogP contribution in [0.2, 0.25) is 5.02 Å². The number of amidine groups is 1. The van der Waals surface area contributed by atoms with Crippen molar-refractivity contribution in [3.8, 4) is 0 Å². The molecule has 4 N–H and O–H groups in total. The fourth-order valence-electron chi connectivity index (χ4n) is 2.24. The van der Waals surface area contributed by atoms with Gasteiger partial charge in [0.05, 0.1) is 33.4 Å². The van der Waals surface area contributed by atoms with E-state index in [1.54, 1.807) is 0 Å². The van der Waals surface area contributed by atoms with Crippen LogP contribution < -0.4 is 16.4 Å². The van der Waals surface area contributed by atoms with Crippen LogP contribution in [0, 0.1) is 0 Å². The molecule has 30 heavy (non-hydrogen) atoms. The van der Waals surface area contributed by atoms with Crippen LogP contribution in [-0.4, -0.2) is 29.8 Å². The fraction of sp³-hybridized carbons (Fsp3) is 0.294. The van der Waals surface area contributed by atoms with Crippen molar-refractivity contribution in [1.82, 2.24) is 4.98 Å². The summed E-state index contributed by atoms with van der Waals surface area (Å²) < 4.78 is 76.6. The molecular weight excluding hydrogens is 459 g/mol. The number of aromatic nitrogens is 1. The standard InChI is InChI=1S/C17H15Cl2F6N5/c18-7-14(26)30-13-6-9(16(20,21)22)1-2-12(13)27-3-4-28-15-11(19)5-10(8-29-15)17(23,24)25/h1-2,5-6,8,27H,3-4,7H2,(H2,26,30)(H,28,29). The van der Waals surface area contributed by atoms with E-state index in [0.717, 1.165) is 18.2 Å². The number of halogens is 8. The van der Waals surface area contributed by atoms with Crippen molar-refractivity contribution in [1.29, 1.82) is 0 Å². The van der Waals surface area contributed by atoms with Crippen molar-refractivity contribution in [3.63, 3.8) is 0 Å². The van der Waals surface area contributed by atoms with Crippen LogP contribution in [0.4, 0.5) is 43.5 Å². The molecule has 0 aliphatic heterocycles. The molecule has 0 atom stereocenters. The van der Waals surface area contributed by atoms with E-state index >= 15 is 0 Å². The highest BCUT2D eigenvalue weighted by atomic mass is 35.5. The van der Waals surface area contributed by atoms with Crippen LogP contribution in [0.5, 0.6) is 0 Å². The molecule has 2 aromatic rings. The third kappa shape index (κ3) is 6.56. The van der Waals surface area contributed by atoms with E-state index in [4.69, 9.17) is 28.9 Å². The Balaban J connectivity index is 2.07. The zero-order valence-corrected chi connectivity index (χ0v) is 16.5. The summed E-state index contributed by atoms with van der Waals surface area (Å²) in [5.74, 6) is -0.212.